The number of likely N-dealkylation sites (N-methyl/N-ethyl adjacent to an activating group) is 1. The quantitative estimate of drug-likeness (QED) is 0.705. The van der Waals surface area contributed by atoms with Gasteiger partial charge in [0.05, 0.1) is 0 Å². The molecule has 4 nitrogen and oxygen atoms in total. The van der Waals surface area contributed by atoms with Gasteiger partial charge in [-0.1, -0.05) is 48.5 Å². The summed E-state index contributed by atoms with van der Waals surface area (Å²) in [4.78, 5) is 14.4. The molecule has 0 saturated carbocycles. The number of hydrogen-bond donors (Lipinski definition) is 1. The number of hydrogen-bond acceptors (Lipinski definition) is 3. The van der Waals surface area contributed by atoms with E-state index in [1.807, 2.05) is 73.8 Å². The van der Waals surface area contributed by atoms with E-state index in [0.29, 0.717) is 12.3 Å². The molecule has 1 amide bonds. The smallest absolute Gasteiger partial charge is 0.260 e. The van der Waals surface area contributed by atoms with Gasteiger partial charge in [-0.05, 0) is 42.0 Å². The standard InChI is InChI=1S/C22H24N2O2/c1-17(26-21-13-12-18-8-6-7-9-19(18)16-21)22(25)23-14-15-24(2)20-10-4-3-5-11-20/h3-13,16-17H,14-15H2,1-2H3,(H,23,25)/t17-/m1/s1. The number of carbonyl (C=O) groups excluding carboxylic acids is 1. The molecule has 1 N–H and O–H groups in total. The first-order chi connectivity index (χ1) is 12.6. The monoisotopic (exact) mass is 348 g/mol. The molecular weight excluding hydrogens is 324 g/mol. The fourth-order valence-electron chi connectivity index (χ4n) is 2.80. The molecule has 0 fully saturated rings. The zero-order valence-corrected chi connectivity index (χ0v) is 15.2. The number of carbonyl (C=O) groups is 1. The first-order valence-corrected chi connectivity index (χ1v) is 8.83. The van der Waals surface area contributed by atoms with Crippen molar-refractivity contribution < 1.29 is 9.53 Å². The highest BCUT2D eigenvalue weighted by atomic mass is 16.5. The van der Waals surface area contributed by atoms with Crippen molar-refractivity contribution in [3.05, 3.63) is 72.8 Å². The van der Waals surface area contributed by atoms with Gasteiger partial charge in [-0.15, -0.1) is 0 Å². The molecule has 0 bridgehead atoms. The number of fused-ring (bicyclic) bond motifs is 1. The third-order valence-electron chi connectivity index (χ3n) is 4.35. The van der Waals surface area contributed by atoms with Crippen LogP contribution in [0.5, 0.6) is 5.75 Å². The van der Waals surface area contributed by atoms with Gasteiger partial charge in [0.25, 0.3) is 5.91 Å². The highest BCUT2D eigenvalue weighted by Gasteiger charge is 2.14. The number of benzene rings is 3. The van der Waals surface area contributed by atoms with E-state index in [1.165, 1.54) is 0 Å². The largest absolute Gasteiger partial charge is 0.481 e. The van der Waals surface area contributed by atoms with Crippen LogP contribution in [0.15, 0.2) is 72.8 Å². The second kappa shape index (κ2) is 8.39. The van der Waals surface area contributed by atoms with Gasteiger partial charge in [-0.2, -0.15) is 0 Å². The Hall–Kier alpha value is -3.01. The maximum Gasteiger partial charge on any atom is 0.260 e. The lowest BCUT2D eigenvalue weighted by Crippen LogP contribution is -2.40. The van der Waals surface area contributed by atoms with Crippen molar-refractivity contribution in [2.24, 2.45) is 0 Å². The summed E-state index contributed by atoms with van der Waals surface area (Å²) in [6.45, 7) is 3.07. The normalized spacial score (nSPS) is 11.8. The summed E-state index contributed by atoms with van der Waals surface area (Å²) < 4.78 is 5.80. The Morgan fingerprint density at radius 1 is 1.00 bits per heavy atom. The van der Waals surface area contributed by atoms with E-state index in [-0.39, 0.29) is 5.91 Å². The van der Waals surface area contributed by atoms with Crippen LogP contribution in [0.4, 0.5) is 5.69 Å². The van der Waals surface area contributed by atoms with Crippen molar-refractivity contribution in [1.82, 2.24) is 5.32 Å². The molecule has 0 aliphatic rings. The minimum Gasteiger partial charge on any atom is -0.481 e. The molecule has 0 saturated heterocycles. The lowest BCUT2D eigenvalue weighted by atomic mass is 10.1. The second-order valence-corrected chi connectivity index (χ2v) is 6.32. The van der Waals surface area contributed by atoms with E-state index >= 15 is 0 Å². The van der Waals surface area contributed by atoms with Crippen LogP contribution < -0.4 is 15.0 Å². The van der Waals surface area contributed by atoms with Crippen molar-refractivity contribution in [3.63, 3.8) is 0 Å². The van der Waals surface area contributed by atoms with Gasteiger partial charge in [-0.25, -0.2) is 0 Å². The van der Waals surface area contributed by atoms with Gasteiger partial charge < -0.3 is 15.0 Å². The summed E-state index contributed by atoms with van der Waals surface area (Å²) in [6, 6.07) is 24.0. The van der Waals surface area contributed by atoms with E-state index in [4.69, 9.17) is 4.74 Å². The first kappa shape index (κ1) is 17.8. The molecule has 1 atom stereocenters. The molecule has 3 aromatic rings. The first-order valence-electron chi connectivity index (χ1n) is 8.83. The average molecular weight is 348 g/mol. The highest BCUT2D eigenvalue weighted by molar-refractivity contribution is 5.84. The molecule has 3 aromatic carbocycles. The summed E-state index contributed by atoms with van der Waals surface area (Å²) in [5.74, 6) is 0.590. The molecule has 3 rings (SSSR count). The molecule has 0 heterocycles. The van der Waals surface area contributed by atoms with Crippen LogP contribution in [0, 0.1) is 0 Å². The number of ether oxygens (including phenoxy) is 1. The zero-order chi connectivity index (χ0) is 18.4. The van der Waals surface area contributed by atoms with Gasteiger partial charge in [0.15, 0.2) is 6.10 Å². The van der Waals surface area contributed by atoms with Crippen molar-refractivity contribution >= 4 is 22.4 Å². The van der Waals surface area contributed by atoms with E-state index in [2.05, 4.69) is 16.3 Å². The van der Waals surface area contributed by atoms with Crippen LogP contribution in [0.25, 0.3) is 10.8 Å². The number of anilines is 1. The molecular formula is C22H24N2O2. The third kappa shape index (κ3) is 4.54. The number of rotatable bonds is 7. The Balaban J connectivity index is 1.49. The maximum absolute atomic E-state index is 12.3. The average Bonchev–Trinajstić information content (AvgIpc) is 2.68. The molecule has 0 spiro atoms. The molecule has 0 aliphatic carbocycles. The minimum atomic E-state index is -0.543. The Morgan fingerprint density at radius 3 is 2.46 bits per heavy atom. The SMILES string of the molecule is C[C@@H](Oc1ccc2ccccc2c1)C(=O)NCCN(C)c1ccccc1. The van der Waals surface area contributed by atoms with Crippen LogP contribution in [0.2, 0.25) is 0 Å². The Morgan fingerprint density at radius 2 is 1.69 bits per heavy atom. The summed E-state index contributed by atoms with van der Waals surface area (Å²) in [5, 5.41) is 5.19. The fraction of sp³-hybridized carbons (Fsp3) is 0.227. The van der Waals surface area contributed by atoms with Crippen LogP contribution in [-0.4, -0.2) is 32.1 Å². The van der Waals surface area contributed by atoms with Gasteiger partial charge in [0, 0.05) is 25.8 Å². The molecule has 134 valence electrons. The molecule has 26 heavy (non-hydrogen) atoms. The topological polar surface area (TPSA) is 41.6 Å². The zero-order valence-electron chi connectivity index (χ0n) is 15.2. The van der Waals surface area contributed by atoms with Crippen LogP contribution >= 0.6 is 0 Å². The van der Waals surface area contributed by atoms with Gasteiger partial charge in [-0.3, -0.25) is 4.79 Å². The lowest BCUT2D eigenvalue weighted by molar-refractivity contribution is -0.127. The van der Waals surface area contributed by atoms with Gasteiger partial charge in [0.1, 0.15) is 5.75 Å². The van der Waals surface area contributed by atoms with Crippen LogP contribution in [0.1, 0.15) is 6.92 Å². The van der Waals surface area contributed by atoms with Crippen molar-refractivity contribution in [2.75, 3.05) is 25.0 Å². The number of nitrogens with one attached hydrogen (secondary N) is 1. The molecule has 0 aliphatic heterocycles. The van der Waals surface area contributed by atoms with E-state index < -0.39 is 6.10 Å². The van der Waals surface area contributed by atoms with Gasteiger partial charge >= 0.3 is 0 Å². The third-order valence-corrected chi connectivity index (χ3v) is 4.35. The van der Waals surface area contributed by atoms with Crippen LogP contribution in [-0.2, 0) is 4.79 Å². The highest BCUT2D eigenvalue weighted by Crippen LogP contribution is 2.21. The Labute approximate surface area is 154 Å². The lowest BCUT2D eigenvalue weighted by Gasteiger charge is -2.20. The number of para-hydroxylation sites is 1. The van der Waals surface area contributed by atoms with E-state index in [1.54, 1.807) is 6.92 Å². The van der Waals surface area contributed by atoms with E-state index in [9.17, 15) is 4.79 Å². The fourth-order valence-corrected chi connectivity index (χ4v) is 2.80. The second-order valence-electron chi connectivity index (χ2n) is 6.32. The van der Waals surface area contributed by atoms with Crippen molar-refractivity contribution in [2.45, 2.75) is 13.0 Å². The predicted octanol–water partition coefficient (Wildman–Crippen LogP) is 3.86. The minimum absolute atomic E-state index is 0.111. The predicted molar refractivity (Wildman–Crippen MR) is 107 cm³/mol. The summed E-state index contributed by atoms with van der Waals surface area (Å²) >= 11 is 0. The molecule has 0 unspecified atom stereocenters. The molecule has 0 radical (unpaired) electrons. The summed E-state index contributed by atoms with van der Waals surface area (Å²) in [6.07, 6.45) is -0.543. The summed E-state index contributed by atoms with van der Waals surface area (Å²) in [5.41, 5.74) is 1.13. The number of nitrogens with zero attached hydrogens (tertiary/aromatic N) is 1. The maximum atomic E-state index is 12.3. The van der Waals surface area contributed by atoms with Gasteiger partial charge in [0.2, 0.25) is 0 Å². The van der Waals surface area contributed by atoms with Crippen LogP contribution in [0.3, 0.4) is 0 Å². The Bertz CT molecular complexity index is 864. The molecule has 4 heteroatoms. The van der Waals surface area contributed by atoms with Crippen molar-refractivity contribution in [1.29, 1.82) is 0 Å². The number of amides is 1. The molecule has 0 aromatic heterocycles. The summed E-state index contributed by atoms with van der Waals surface area (Å²) in [7, 11) is 2.01. The van der Waals surface area contributed by atoms with Crippen molar-refractivity contribution in [3.8, 4) is 5.75 Å². The van der Waals surface area contributed by atoms with E-state index in [0.717, 1.165) is 23.0 Å². The Kier molecular flexibility index (Phi) is 5.74.